The van der Waals surface area contributed by atoms with Crippen LogP contribution in [-0.4, -0.2) is 78.2 Å². The van der Waals surface area contributed by atoms with E-state index in [1.807, 2.05) is 42.6 Å². The number of carbonyl (C=O) groups excluding carboxylic acids is 2. The van der Waals surface area contributed by atoms with Gasteiger partial charge in [0.05, 0.1) is 23.1 Å². The molecule has 2 saturated heterocycles. The van der Waals surface area contributed by atoms with Gasteiger partial charge in [-0.05, 0) is 74.9 Å². The standard InChI is InChI=1S/C31H38N4O5S2/c1-21-19-41-30(33-21)27-11-7-13-35(27)31(38)24-14-23(15-25(17-24)42(2,39)40)18-34(20-36)28(16-22-8-4-3-5-9-22)29(37)26-10-6-12-32-26/h3-5,8-9,14-15,17,19-20,26-29,32,37H,6-7,10-13,16,18H2,1-2H3. The van der Waals surface area contributed by atoms with E-state index in [1.165, 1.54) is 28.4 Å². The van der Waals surface area contributed by atoms with Crippen molar-refractivity contribution >= 4 is 33.5 Å². The second-order valence-corrected chi connectivity index (χ2v) is 14.3. The van der Waals surface area contributed by atoms with E-state index in [4.69, 9.17) is 0 Å². The summed E-state index contributed by atoms with van der Waals surface area (Å²) in [4.78, 5) is 34.4. The molecule has 5 rings (SSSR count). The molecule has 11 heteroatoms. The highest BCUT2D eigenvalue weighted by Crippen LogP contribution is 2.35. The van der Waals surface area contributed by atoms with Crippen LogP contribution in [0.4, 0.5) is 0 Å². The molecule has 2 aliphatic heterocycles. The number of likely N-dealkylation sites (tertiary alicyclic amines) is 1. The van der Waals surface area contributed by atoms with Crippen molar-refractivity contribution in [3.63, 3.8) is 0 Å². The van der Waals surface area contributed by atoms with Crippen LogP contribution in [0.15, 0.2) is 58.8 Å². The highest BCUT2D eigenvalue weighted by molar-refractivity contribution is 7.90. The van der Waals surface area contributed by atoms with Crippen molar-refractivity contribution in [2.45, 2.75) is 74.7 Å². The predicted molar refractivity (Wildman–Crippen MR) is 162 cm³/mol. The van der Waals surface area contributed by atoms with Gasteiger partial charge in [-0.1, -0.05) is 30.3 Å². The zero-order chi connectivity index (χ0) is 29.9. The molecule has 4 atom stereocenters. The molecule has 2 aromatic carbocycles. The van der Waals surface area contributed by atoms with Crippen molar-refractivity contribution in [3.8, 4) is 0 Å². The van der Waals surface area contributed by atoms with Gasteiger partial charge in [0.25, 0.3) is 5.91 Å². The Bertz CT molecular complexity index is 1500. The Morgan fingerprint density at radius 1 is 1.19 bits per heavy atom. The molecule has 1 aromatic heterocycles. The fourth-order valence-electron chi connectivity index (χ4n) is 6.05. The van der Waals surface area contributed by atoms with Gasteiger partial charge in [-0.15, -0.1) is 11.3 Å². The van der Waals surface area contributed by atoms with Crippen LogP contribution in [0.25, 0.3) is 0 Å². The quantitative estimate of drug-likeness (QED) is 0.319. The van der Waals surface area contributed by atoms with E-state index in [0.29, 0.717) is 24.9 Å². The van der Waals surface area contributed by atoms with Crippen LogP contribution in [0.2, 0.25) is 0 Å². The number of aliphatic hydroxyl groups is 1. The van der Waals surface area contributed by atoms with E-state index in [-0.39, 0.29) is 35.0 Å². The molecule has 0 spiro atoms. The highest BCUT2D eigenvalue weighted by Gasteiger charge is 2.35. The van der Waals surface area contributed by atoms with Crippen LogP contribution in [0.1, 0.15) is 63.9 Å². The van der Waals surface area contributed by atoms with E-state index in [0.717, 1.165) is 54.7 Å². The number of hydrogen-bond acceptors (Lipinski definition) is 8. The first-order valence-corrected chi connectivity index (χ1v) is 17.1. The van der Waals surface area contributed by atoms with Crippen molar-refractivity contribution < 1.29 is 23.1 Å². The zero-order valence-electron chi connectivity index (χ0n) is 24.0. The molecule has 0 aliphatic carbocycles. The van der Waals surface area contributed by atoms with Gasteiger partial charge in [-0.25, -0.2) is 13.4 Å². The van der Waals surface area contributed by atoms with Gasteiger partial charge in [-0.2, -0.15) is 0 Å². The first-order valence-electron chi connectivity index (χ1n) is 14.4. The minimum Gasteiger partial charge on any atom is -0.389 e. The Morgan fingerprint density at radius 3 is 2.62 bits per heavy atom. The number of sulfone groups is 1. The number of amides is 2. The van der Waals surface area contributed by atoms with Gasteiger partial charge in [0.2, 0.25) is 6.41 Å². The third kappa shape index (κ3) is 6.91. The Kier molecular flexibility index (Phi) is 9.41. The summed E-state index contributed by atoms with van der Waals surface area (Å²) in [5.41, 5.74) is 2.66. The second kappa shape index (κ2) is 13.0. The highest BCUT2D eigenvalue weighted by atomic mass is 32.2. The largest absolute Gasteiger partial charge is 0.389 e. The van der Waals surface area contributed by atoms with E-state index in [9.17, 15) is 23.1 Å². The van der Waals surface area contributed by atoms with Crippen LogP contribution in [0.3, 0.4) is 0 Å². The number of nitrogens with one attached hydrogen (secondary N) is 1. The topological polar surface area (TPSA) is 120 Å². The third-order valence-corrected chi connectivity index (χ3v) is 10.4. The minimum absolute atomic E-state index is 0.0210. The van der Waals surface area contributed by atoms with Crippen molar-refractivity contribution in [3.05, 3.63) is 81.3 Å². The molecule has 3 aromatic rings. The molecule has 9 nitrogen and oxygen atoms in total. The molecule has 2 N–H and O–H groups in total. The van der Waals surface area contributed by atoms with Gasteiger partial charge >= 0.3 is 0 Å². The number of benzene rings is 2. The van der Waals surface area contributed by atoms with Crippen molar-refractivity contribution in [2.75, 3.05) is 19.3 Å². The van der Waals surface area contributed by atoms with E-state index < -0.39 is 22.0 Å². The molecule has 0 saturated carbocycles. The number of carbonyl (C=O) groups is 2. The third-order valence-electron chi connectivity index (χ3n) is 8.20. The van der Waals surface area contributed by atoms with Gasteiger partial charge in [-0.3, -0.25) is 9.59 Å². The molecule has 42 heavy (non-hydrogen) atoms. The second-order valence-electron chi connectivity index (χ2n) is 11.3. The summed E-state index contributed by atoms with van der Waals surface area (Å²) in [5.74, 6) is -0.259. The van der Waals surface area contributed by atoms with Crippen LogP contribution < -0.4 is 5.32 Å². The summed E-state index contributed by atoms with van der Waals surface area (Å²) in [6.45, 7) is 3.33. The Balaban J connectivity index is 1.46. The summed E-state index contributed by atoms with van der Waals surface area (Å²) in [7, 11) is -3.66. The van der Waals surface area contributed by atoms with Crippen molar-refractivity contribution in [2.24, 2.45) is 0 Å². The maximum absolute atomic E-state index is 13.9. The van der Waals surface area contributed by atoms with E-state index in [2.05, 4.69) is 10.3 Å². The maximum atomic E-state index is 13.9. The summed E-state index contributed by atoms with van der Waals surface area (Å²) < 4.78 is 25.4. The molecule has 0 radical (unpaired) electrons. The predicted octanol–water partition coefficient (Wildman–Crippen LogP) is 3.51. The smallest absolute Gasteiger partial charge is 0.254 e. The van der Waals surface area contributed by atoms with E-state index >= 15 is 0 Å². The van der Waals surface area contributed by atoms with Crippen molar-refractivity contribution in [1.29, 1.82) is 0 Å². The molecular formula is C31H38N4O5S2. The molecule has 4 unspecified atom stereocenters. The summed E-state index contributed by atoms with van der Waals surface area (Å²) in [6.07, 6.45) is 4.80. The van der Waals surface area contributed by atoms with E-state index in [1.54, 1.807) is 11.0 Å². The Hall–Kier alpha value is -3.12. The van der Waals surface area contributed by atoms with Gasteiger partial charge in [0, 0.05) is 42.0 Å². The van der Waals surface area contributed by atoms with Crippen LogP contribution in [-0.2, 0) is 27.6 Å². The lowest BCUT2D eigenvalue weighted by molar-refractivity contribution is -0.124. The Labute approximate surface area is 251 Å². The van der Waals surface area contributed by atoms with Crippen LogP contribution in [0.5, 0.6) is 0 Å². The number of hydrogen-bond donors (Lipinski definition) is 2. The summed E-state index contributed by atoms with van der Waals surface area (Å²) in [6, 6.07) is 13.4. The summed E-state index contributed by atoms with van der Waals surface area (Å²) >= 11 is 1.53. The van der Waals surface area contributed by atoms with Gasteiger partial charge < -0.3 is 20.2 Å². The normalized spacial score (nSPS) is 20.4. The fourth-order valence-corrected chi connectivity index (χ4v) is 7.70. The molecule has 2 aliphatic rings. The summed E-state index contributed by atoms with van der Waals surface area (Å²) in [5, 5.41) is 17.6. The fraction of sp³-hybridized carbons (Fsp3) is 0.452. The number of rotatable bonds is 11. The molecular weight excluding hydrogens is 572 g/mol. The Morgan fingerprint density at radius 2 is 1.98 bits per heavy atom. The average molecular weight is 611 g/mol. The lowest BCUT2D eigenvalue weighted by Gasteiger charge is -2.35. The molecule has 2 amide bonds. The van der Waals surface area contributed by atoms with Crippen LogP contribution in [0, 0.1) is 6.92 Å². The van der Waals surface area contributed by atoms with Crippen LogP contribution >= 0.6 is 11.3 Å². The number of thiazole rings is 1. The average Bonchev–Trinajstić information content (AvgIpc) is 3.76. The lowest BCUT2D eigenvalue weighted by atomic mass is 9.94. The first-order chi connectivity index (χ1) is 20.1. The number of aromatic nitrogens is 1. The lowest BCUT2D eigenvalue weighted by Crippen LogP contribution is -2.51. The van der Waals surface area contributed by atoms with Crippen molar-refractivity contribution in [1.82, 2.24) is 20.1 Å². The molecule has 224 valence electrons. The SMILES string of the molecule is Cc1csc(C2CCCN2C(=O)c2cc(CN(C=O)C(Cc3ccccc3)C(O)C3CCCN3)cc(S(C)(=O)=O)c2)n1. The number of aryl methyl sites for hydroxylation is 1. The van der Waals surface area contributed by atoms with Gasteiger partial charge in [0.1, 0.15) is 5.01 Å². The first kappa shape index (κ1) is 30.3. The number of aliphatic hydroxyl groups excluding tert-OH is 1. The zero-order valence-corrected chi connectivity index (χ0v) is 25.6. The number of nitrogens with zero attached hydrogens (tertiary/aromatic N) is 3. The maximum Gasteiger partial charge on any atom is 0.254 e. The molecule has 3 heterocycles. The molecule has 2 fully saturated rings. The van der Waals surface area contributed by atoms with Gasteiger partial charge in [0.15, 0.2) is 9.84 Å². The molecule has 0 bridgehead atoms. The monoisotopic (exact) mass is 610 g/mol. The minimum atomic E-state index is -3.66.